The Bertz CT molecular complexity index is 1310. The lowest BCUT2D eigenvalue weighted by Gasteiger charge is -2.33. The molecule has 2 amide bonds. The molecule has 6 nitrogen and oxygen atoms in total. The van der Waals surface area contributed by atoms with E-state index in [1.54, 1.807) is 23.1 Å². The third-order valence-electron chi connectivity index (χ3n) is 8.15. The quantitative estimate of drug-likeness (QED) is 0.542. The van der Waals surface area contributed by atoms with E-state index in [0.29, 0.717) is 32.7 Å². The van der Waals surface area contributed by atoms with E-state index in [1.807, 2.05) is 17.3 Å². The number of carbonyl (C=O) groups is 1. The standard InChI is InChI=1S/C30H32F2N4O2/c1-19-26-18-33-36(25-9-7-23(31)8-10-25)28(26)17-22-6-5-21(29(19)22)16-27(20-3-2-4-24(32)15-20)34-30(37)35-11-13-38-14-12-35/h2-4,7-10,15,17-19,21,27,33H,5-6,11-14,16H2,1H3,(H,34,37)/t19-,21+,27?/m0/s1. The maximum atomic E-state index is 14.2. The summed E-state index contributed by atoms with van der Waals surface area (Å²) in [6, 6.07) is 12.6. The zero-order valence-corrected chi connectivity index (χ0v) is 21.4. The Kier molecular flexibility index (Phi) is 6.66. The molecule has 198 valence electrons. The SMILES string of the molecule is C[C@H]1C2=CNN(c3ccc(F)cc3)C2=CC2=C1[C@@H](CC(NC(=O)N1CCOCC1)c1cccc(F)c1)CC2. The van der Waals surface area contributed by atoms with Gasteiger partial charge in [-0.1, -0.05) is 24.6 Å². The molecule has 2 aromatic carbocycles. The van der Waals surface area contributed by atoms with Gasteiger partial charge in [0.2, 0.25) is 0 Å². The number of allylic oxidation sites excluding steroid dienone is 4. The highest BCUT2D eigenvalue weighted by Crippen LogP contribution is 2.49. The summed E-state index contributed by atoms with van der Waals surface area (Å²) in [5.41, 5.74) is 10.0. The van der Waals surface area contributed by atoms with Crippen molar-refractivity contribution in [2.24, 2.45) is 11.8 Å². The summed E-state index contributed by atoms with van der Waals surface area (Å²) in [4.78, 5) is 14.9. The first-order valence-corrected chi connectivity index (χ1v) is 13.3. The van der Waals surface area contributed by atoms with Gasteiger partial charge >= 0.3 is 6.03 Å². The van der Waals surface area contributed by atoms with Gasteiger partial charge in [0.25, 0.3) is 0 Å². The van der Waals surface area contributed by atoms with Crippen LogP contribution in [0.25, 0.3) is 0 Å². The number of halogens is 2. The molecular weight excluding hydrogens is 486 g/mol. The van der Waals surface area contributed by atoms with Crippen molar-refractivity contribution in [1.29, 1.82) is 0 Å². The second-order valence-corrected chi connectivity index (χ2v) is 10.4. The number of urea groups is 1. The molecule has 38 heavy (non-hydrogen) atoms. The van der Waals surface area contributed by atoms with Crippen molar-refractivity contribution in [2.75, 3.05) is 31.3 Å². The minimum atomic E-state index is -0.305. The summed E-state index contributed by atoms with van der Waals surface area (Å²) in [6.45, 7) is 4.39. The van der Waals surface area contributed by atoms with Crippen molar-refractivity contribution < 1.29 is 18.3 Å². The monoisotopic (exact) mass is 518 g/mol. The Balaban J connectivity index is 1.26. The summed E-state index contributed by atoms with van der Waals surface area (Å²) >= 11 is 0. The molecule has 2 aliphatic carbocycles. The second kappa shape index (κ2) is 10.3. The van der Waals surface area contributed by atoms with E-state index in [4.69, 9.17) is 4.74 Å². The van der Waals surface area contributed by atoms with Gasteiger partial charge in [0.1, 0.15) is 11.6 Å². The van der Waals surface area contributed by atoms with Gasteiger partial charge in [-0.25, -0.2) is 13.6 Å². The number of morpholine rings is 1. The van der Waals surface area contributed by atoms with Crippen LogP contribution in [0.1, 0.15) is 37.8 Å². The van der Waals surface area contributed by atoms with Crippen LogP contribution >= 0.6 is 0 Å². The maximum Gasteiger partial charge on any atom is 0.318 e. The first-order valence-electron chi connectivity index (χ1n) is 13.3. The summed E-state index contributed by atoms with van der Waals surface area (Å²) in [5.74, 6) is -0.110. The number of rotatable bonds is 5. The van der Waals surface area contributed by atoms with Gasteiger partial charge in [-0.3, -0.25) is 5.01 Å². The molecule has 2 aromatic rings. The molecule has 0 saturated carbocycles. The molecule has 4 aliphatic rings. The van der Waals surface area contributed by atoms with Gasteiger partial charge < -0.3 is 20.4 Å². The van der Waals surface area contributed by atoms with Crippen molar-refractivity contribution in [1.82, 2.24) is 15.6 Å². The molecule has 1 saturated heterocycles. The molecule has 0 aromatic heterocycles. The number of hydrogen-bond donors (Lipinski definition) is 2. The molecule has 8 heteroatoms. The average molecular weight is 519 g/mol. The fourth-order valence-corrected chi connectivity index (χ4v) is 6.25. The van der Waals surface area contributed by atoms with Crippen molar-refractivity contribution in [3.05, 3.63) is 100 Å². The minimum Gasteiger partial charge on any atom is -0.378 e. The number of hydrogen-bond acceptors (Lipinski definition) is 4. The van der Waals surface area contributed by atoms with Crippen LogP contribution in [-0.4, -0.2) is 37.2 Å². The molecule has 2 aliphatic heterocycles. The van der Waals surface area contributed by atoms with E-state index in [0.717, 1.165) is 29.8 Å². The van der Waals surface area contributed by atoms with Crippen LogP contribution in [0.15, 0.2) is 83.2 Å². The summed E-state index contributed by atoms with van der Waals surface area (Å²) in [6.07, 6.45) is 6.91. The normalized spacial score (nSPS) is 23.3. The van der Waals surface area contributed by atoms with Crippen molar-refractivity contribution >= 4 is 11.7 Å². The highest BCUT2D eigenvalue weighted by atomic mass is 19.1. The van der Waals surface area contributed by atoms with Crippen LogP contribution in [-0.2, 0) is 4.74 Å². The fourth-order valence-electron chi connectivity index (χ4n) is 6.25. The molecule has 3 atom stereocenters. The van der Waals surface area contributed by atoms with Crippen LogP contribution in [0.5, 0.6) is 0 Å². The first-order chi connectivity index (χ1) is 18.5. The zero-order valence-electron chi connectivity index (χ0n) is 21.4. The van der Waals surface area contributed by atoms with Crippen LogP contribution in [0, 0.1) is 23.5 Å². The van der Waals surface area contributed by atoms with Crippen LogP contribution < -0.4 is 15.8 Å². The van der Waals surface area contributed by atoms with E-state index in [-0.39, 0.29) is 35.5 Å². The largest absolute Gasteiger partial charge is 0.378 e. The Hall–Kier alpha value is -3.65. The number of ether oxygens (including phenoxy) is 1. The van der Waals surface area contributed by atoms with Crippen LogP contribution in [0.3, 0.4) is 0 Å². The maximum absolute atomic E-state index is 14.2. The average Bonchev–Trinajstić information content (AvgIpc) is 3.54. The lowest BCUT2D eigenvalue weighted by Crippen LogP contribution is -2.47. The molecule has 1 unspecified atom stereocenters. The highest BCUT2D eigenvalue weighted by molar-refractivity contribution is 5.75. The summed E-state index contributed by atoms with van der Waals surface area (Å²) in [5, 5.41) is 5.21. The number of nitrogens with zero attached hydrogens (tertiary/aromatic N) is 2. The Morgan fingerprint density at radius 3 is 2.68 bits per heavy atom. The summed E-state index contributed by atoms with van der Waals surface area (Å²) in [7, 11) is 0. The topological polar surface area (TPSA) is 56.8 Å². The second-order valence-electron chi connectivity index (χ2n) is 10.4. The van der Waals surface area contributed by atoms with Crippen LogP contribution in [0.4, 0.5) is 19.3 Å². The van der Waals surface area contributed by atoms with E-state index in [2.05, 4.69) is 23.7 Å². The van der Waals surface area contributed by atoms with Crippen molar-refractivity contribution in [3.8, 4) is 0 Å². The molecular formula is C30H32F2N4O2. The number of fused-ring (bicyclic) bond motifs is 1. The van der Waals surface area contributed by atoms with E-state index < -0.39 is 0 Å². The molecule has 2 heterocycles. The van der Waals surface area contributed by atoms with Crippen molar-refractivity contribution in [3.63, 3.8) is 0 Å². The summed E-state index contributed by atoms with van der Waals surface area (Å²) < 4.78 is 33.1. The third kappa shape index (κ3) is 4.69. The molecule has 6 rings (SSSR count). The van der Waals surface area contributed by atoms with Gasteiger partial charge in [0.15, 0.2) is 0 Å². The van der Waals surface area contributed by atoms with Crippen LogP contribution in [0.2, 0.25) is 0 Å². The predicted molar refractivity (Wildman–Crippen MR) is 142 cm³/mol. The number of benzene rings is 2. The molecule has 0 bridgehead atoms. The molecule has 2 N–H and O–H groups in total. The smallest absolute Gasteiger partial charge is 0.318 e. The molecule has 1 fully saturated rings. The molecule has 0 radical (unpaired) electrons. The molecule has 0 spiro atoms. The predicted octanol–water partition coefficient (Wildman–Crippen LogP) is 5.59. The van der Waals surface area contributed by atoms with Gasteiger partial charge in [-0.05, 0) is 78.8 Å². The van der Waals surface area contributed by atoms with E-state index >= 15 is 0 Å². The van der Waals surface area contributed by atoms with Gasteiger partial charge in [-0.15, -0.1) is 0 Å². The van der Waals surface area contributed by atoms with E-state index in [9.17, 15) is 13.6 Å². The lowest BCUT2D eigenvalue weighted by atomic mass is 9.78. The van der Waals surface area contributed by atoms with E-state index in [1.165, 1.54) is 41.0 Å². The lowest BCUT2D eigenvalue weighted by molar-refractivity contribution is 0.0523. The van der Waals surface area contributed by atoms with Gasteiger partial charge in [-0.2, -0.15) is 0 Å². The Morgan fingerprint density at radius 2 is 1.92 bits per heavy atom. The number of carbonyl (C=O) groups excluding carboxylic acids is 1. The van der Waals surface area contributed by atoms with Gasteiger partial charge in [0, 0.05) is 30.8 Å². The number of nitrogens with one attached hydrogen (secondary N) is 2. The third-order valence-corrected chi connectivity index (χ3v) is 8.15. The zero-order chi connectivity index (χ0) is 26.2. The fraction of sp³-hybridized carbons (Fsp3) is 0.367. The highest BCUT2D eigenvalue weighted by Gasteiger charge is 2.39. The van der Waals surface area contributed by atoms with Crippen molar-refractivity contribution in [2.45, 2.75) is 32.2 Å². The Morgan fingerprint density at radius 1 is 1.13 bits per heavy atom. The Labute approximate surface area is 221 Å². The van der Waals surface area contributed by atoms with Gasteiger partial charge in [0.05, 0.1) is 30.6 Å². The minimum absolute atomic E-state index is 0.133. The number of anilines is 1. The first kappa shape index (κ1) is 24.7. The number of hydrazine groups is 1. The number of amides is 2.